The molecule has 0 aromatic rings. The summed E-state index contributed by atoms with van der Waals surface area (Å²) in [6, 6.07) is 0. The summed E-state index contributed by atoms with van der Waals surface area (Å²) in [5.41, 5.74) is 2.04. The van der Waals surface area contributed by atoms with E-state index in [4.69, 9.17) is 11.6 Å². The van der Waals surface area contributed by atoms with Crippen LogP contribution in [0.25, 0.3) is 0 Å². The number of carbonyl (C=O) groups excluding carboxylic acids is 1. The minimum atomic E-state index is -0.693. The highest BCUT2D eigenvalue weighted by Crippen LogP contribution is 2.14. The lowest BCUT2D eigenvalue weighted by molar-refractivity contribution is -0.114. The van der Waals surface area contributed by atoms with E-state index < -0.39 is 6.10 Å². The zero-order valence-electron chi connectivity index (χ0n) is 11.4. The van der Waals surface area contributed by atoms with Gasteiger partial charge in [-0.15, -0.1) is 18.2 Å². The second-order valence-corrected chi connectivity index (χ2v) is 5.47. The maximum atomic E-state index is 11.5. The fourth-order valence-corrected chi connectivity index (χ4v) is 1.84. The lowest BCUT2D eigenvalue weighted by Crippen LogP contribution is -2.04. The minimum absolute atomic E-state index is 0.0106. The first-order valence-electron chi connectivity index (χ1n) is 6.14. The van der Waals surface area contributed by atoms with Crippen LogP contribution >= 0.6 is 11.6 Å². The average molecular weight is 271 g/mol. The lowest BCUT2D eigenvalue weighted by atomic mass is 10.1. The van der Waals surface area contributed by atoms with Crippen LogP contribution in [0.15, 0.2) is 36.0 Å². The third kappa shape index (κ3) is 10.3. The van der Waals surface area contributed by atoms with Gasteiger partial charge in [-0.25, -0.2) is 0 Å². The summed E-state index contributed by atoms with van der Waals surface area (Å²) >= 11 is 6.06. The van der Waals surface area contributed by atoms with E-state index in [0.29, 0.717) is 12.8 Å². The third-order valence-corrected chi connectivity index (χ3v) is 2.63. The highest BCUT2D eigenvalue weighted by atomic mass is 35.5. The number of halogens is 1. The van der Waals surface area contributed by atoms with Gasteiger partial charge in [0, 0.05) is 11.8 Å². The number of aliphatic hydroxyl groups is 1. The van der Waals surface area contributed by atoms with Gasteiger partial charge in [0.25, 0.3) is 0 Å². The van der Waals surface area contributed by atoms with Crippen molar-refractivity contribution in [2.24, 2.45) is 0 Å². The zero-order valence-corrected chi connectivity index (χ0v) is 12.2. The van der Waals surface area contributed by atoms with Crippen LogP contribution in [0.5, 0.6) is 0 Å². The Morgan fingerprint density at radius 2 is 2.00 bits per heavy atom. The van der Waals surface area contributed by atoms with Crippen LogP contribution in [0.2, 0.25) is 0 Å². The molecule has 0 radical (unpaired) electrons. The molecule has 0 aliphatic carbocycles. The Morgan fingerprint density at radius 1 is 1.39 bits per heavy atom. The molecule has 1 unspecified atom stereocenters. The van der Waals surface area contributed by atoms with Gasteiger partial charge in [-0.3, -0.25) is 4.79 Å². The van der Waals surface area contributed by atoms with Crippen LogP contribution in [-0.2, 0) is 4.79 Å². The van der Waals surface area contributed by atoms with Crippen LogP contribution in [-0.4, -0.2) is 22.4 Å². The molecule has 0 spiro atoms. The molecule has 0 bridgehead atoms. The van der Waals surface area contributed by atoms with Crippen LogP contribution in [0.3, 0.4) is 0 Å². The monoisotopic (exact) mass is 270 g/mol. The number of aliphatic hydroxyl groups excluding tert-OH is 1. The van der Waals surface area contributed by atoms with Crippen molar-refractivity contribution < 1.29 is 9.90 Å². The number of carbonyl (C=O) groups is 1. The van der Waals surface area contributed by atoms with Gasteiger partial charge in [-0.1, -0.05) is 17.2 Å². The molecule has 0 amide bonds. The summed E-state index contributed by atoms with van der Waals surface area (Å²) in [6.45, 7) is 9.50. The molecule has 0 heterocycles. The predicted octanol–water partition coefficient (Wildman–Crippen LogP) is 3.79. The molecule has 18 heavy (non-hydrogen) atoms. The molecule has 3 heteroatoms. The van der Waals surface area contributed by atoms with Crippen molar-refractivity contribution in [1.82, 2.24) is 0 Å². The highest BCUT2D eigenvalue weighted by Gasteiger charge is 2.07. The van der Waals surface area contributed by atoms with Gasteiger partial charge in [0.05, 0.1) is 6.10 Å². The molecule has 0 aromatic heterocycles. The number of hydrogen-bond donors (Lipinski definition) is 1. The molecule has 1 N–H and O–H groups in total. The van der Waals surface area contributed by atoms with Crippen LogP contribution in [0, 0.1) is 0 Å². The summed E-state index contributed by atoms with van der Waals surface area (Å²) in [5, 5.41) is 9.47. The van der Waals surface area contributed by atoms with Gasteiger partial charge in [0.1, 0.15) is 0 Å². The van der Waals surface area contributed by atoms with E-state index in [-0.39, 0.29) is 11.2 Å². The van der Waals surface area contributed by atoms with E-state index in [1.807, 2.05) is 20.8 Å². The molecule has 0 aliphatic heterocycles. The largest absolute Gasteiger partial charge is 0.385 e. The molecule has 102 valence electrons. The highest BCUT2D eigenvalue weighted by molar-refractivity contribution is 6.20. The number of ketones is 1. The van der Waals surface area contributed by atoms with E-state index >= 15 is 0 Å². The maximum absolute atomic E-state index is 11.5. The summed E-state index contributed by atoms with van der Waals surface area (Å²) in [5.74, 6) is -0.0106. The molecular weight excluding hydrogens is 248 g/mol. The van der Waals surface area contributed by atoms with Crippen molar-refractivity contribution >= 4 is 17.4 Å². The standard InChI is InChI=1S/C15H23ClO2/c1-11(2)9-13(16)5-6-14(17)7-8-15(18)10-12(3)4/h7-8,10,13,15,18H,1,5-6,9H2,2-4H3/b8-7+/t13-,15?/m1/s1. The summed E-state index contributed by atoms with van der Waals surface area (Å²) < 4.78 is 0. The normalized spacial score (nSPS) is 14.3. The number of alkyl halides is 1. The predicted molar refractivity (Wildman–Crippen MR) is 77.9 cm³/mol. The molecule has 0 aliphatic rings. The van der Waals surface area contributed by atoms with Crippen molar-refractivity contribution in [2.75, 3.05) is 0 Å². The van der Waals surface area contributed by atoms with Gasteiger partial charge >= 0.3 is 0 Å². The van der Waals surface area contributed by atoms with E-state index in [0.717, 1.165) is 17.6 Å². The van der Waals surface area contributed by atoms with E-state index in [2.05, 4.69) is 6.58 Å². The topological polar surface area (TPSA) is 37.3 Å². The SMILES string of the molecule is C=C(C)C[C@H](Cl)CCC(=O)/C=C/C(O)C=C(C)C. The molecule has 0 fully saturated rings. The maximum Gasteiger partial charge on any atom is 0.155 e. The summed E-state index contributed by atoms with van der Waals surface area (Å²) in [4.78, 5) is 11.5. The van der Waals surface area contributed by atoms with Crippen molar-refractivity contribution in [3.05, 3.63) is 36.0 Å². The van der Waals surface area contributed by atoms with Crippen LogP contribution in [0.4, 0.5) is 0 Å². The van der Waals surface area contributed by atoms with Crippen molar-refractivity contribution in [3.63, 3.8) is 0 Å². The fraction of sp³-hybridized carbons (Fsp3) is 0.533. The summed E-state index contributed by atoms with van der Waals surface area (Å²) in [6.07, 6.45) is 5.69. The van der Waals surface area contributed by atoms with E-state index in [1.54, 1.807) is 6.08 Å². The third-order valence-electron chi connectivity index (χ3n) is 2.26. The van der Waals surface area contributed by atoms with Gasteiger partial charge in [0.15, 0.2) is 5.78 Å². The minimum Gasteiger partial charge on any atom is -0.385 e. The fourth-order valence-electron chi connectivity index (χ4n) is 1.47. The molecule has 0 saturated heterocycles. The molecule has 0 rings (SSSR count). The van der Waals surface area contributed by atoms with E-state index in [1.165, 1.54) is 12.2 Å². The molecule has 2 atom stereocenters. The molecule has 0 aromatic carbocycles. The van der Waals surface area contributed by atoms with Crippen molar-refractivity contribution in [3.8, 4) is 0 Å². The Kier molecular flexibility index (Phi) is 8.69. The molecular formula is C15H23ClO2. The van der Waals surface area contributed by atoms with E-state index in [9.17, 15) is 9.90 Å². The first kappa shape index (κ1) is 17.1. The molecule has 0 saturated carbocycles. The van der Waals surface area contributed by atoms with Crippen molar-refractivity contribution in [1.29, 1.82) is 0 Å². The van der Waals surface area contributed by atoms with Gasteiger partial charge in [-0.05, 0) is 45.8 Å². The van der Waals surface area contributed by atoms with Crippen molar-refractivity contribution in [2.45, 2.75) is 51.5 Å². The number of rotatable bonds is 8. The van der Waals surface area contributed by atoms with Gasteiger partial charge in [0.2, 0.25) is 0 Å². The lowest BCUT2D eigenvalue weighted by Gasteiger charge is -2.07. The Labute approximate surface area is 115 Å². The Hall–Kier alpha value is -0.860. The first-order valence-corrected chi connectivity index (χ1v) is 6.57. The first-order chi connectivity index (χ1) is 8.31. The summed E-state index contributed by atoms with van der Waals surface area (Å²) in [7, 11) is 0. The quantitative estimate of drug-likeness (QED) is 0.414. The Bertz CT molecular complexity index is 338. The average Bonchev–Trinajstić information content (AvgIpc) is 2.21. The number of hydrogen-bond acceptors (Lipinski definition) is 2. The smallest absolute Gasteiger partial charge is 0.155 e. The Balaban J connectivity index is 4.01. The Morgan fingerprint density at radius 3 is 2.50 bits per heavy atom. The van der Waals surface area contributed by atoms with Crippen LogP contribution < -0.4 is 0 Å². The second-order valence-electron chi connectivity index (χ2n) is 4.86. The van der Waals surface area contributed by atoms with Gasteiger partial charge in [-0.2, -0.15) is 0 Å². The number of allylic oxidation sites excluding steroid dienone is 3. The second kappa shape index (κ2) is 9.12. The van der Waals surface area contributed by atoms with Crippen LogP contribution in [0.1, 0.15) is 40.0 Å². The zero-order chi connectivity index (χ0) is 14.1. The molecule has 2 nitrogen and oxygen atoms in total. The van der Waals surface area contributed by atoms with Gasteiger partial charge < -0.3 is 5.11 Å².